The number of carbonyl (C=O) groups excluding carboxylic acids is 1. The van der Waals surface area contributed by atoms with Gasteiger partial charge < -0.3 is 19.4 Å². The second kappa shape index (κ2) is 9.43. The highest BCUT2D eigenvalue weighted by atomic mass is 16.5. The average Bonchev–Trinajstić information content (AvgIpc) is 3.09. The number of hydrogen-bond donors (Lipinski definition) is 1. The molecule has 0 radical (unpaired) electrons. The summed E-state index contributed by atoms with van der Waals surface area (Å²) in [5.74, 6) is 0.731. The van der Waals surface area contributed by atoms with Gasteiger partial charge in [-0.1, -0.05) is 17.7 Å². The number of nitrogens with one attached hydrogen (secondary N) is 1. The van der Waals surface area contributed by atoms with E-state index in [1.54, 1.807) is 14.2 Å². The van der Waals surface area contributed by atoms with Crippen LogP contribution in [0.25, 0.3) is 16.9 Å². The molecule has 0 spiro atoms. The summed E-state index contributed by atoms with van der Waals surface area (Å²) in [5.41, 5.74) is 5.79. The third kappa shape index (κ3) is 4.69. The van der Waals surface area contributed by atoms with E-state index in [1.165, 1.54) is 5.56 Å². The van der Waals surface area contributed by atoms with Crippen LogP contribution in [0.4, 0.5) is 0 Å². The summed E-state index contributed by atoms with van der Waals surface area (Å²) in [7, 11) is 3.31. The molecule has 1 heterocycles. The number of aryl methyl sites for hydroxylation is 1. The maximum absolute atomic E-state index is 12.8. The zero-order valence-electron chi connectivity index (χ0n) is 17.5. The molecule has 2 aromatic carbocycles. The molecule has 3 rings (SSSR count). The Morgan fingerprint density at radius 1 is 1.00 bits per heavy atom. The quantitative estimate of drug-likeness (QED) is 0.573. The van der Waals surface area contributed by atoms with Gasteiger partial charge in [-0.15, -0.1) is 0 Å². The van der Waals surface area contributed by atoms with Gasteiger partial charge in [0.1, 0.15) is 5.75 Å². The Labute approximate surface area is 172 Å². The van der Waals surface area contributed by atoms with Crippen LogP contribution in [-0.4, -0.2) is 37.8 Å². The third-order valence-electron chi connectivity index (χ3n) is 4.98. The van der Waals surface area contributed by atoms with Crippen LogP contribution in [0.1, 0.15) is 28.0 Å². The Morgan fingerprint density at radius 2 is 1.69 bits per heavy atom. The SMILES string of the molecule is COCCCNC(=O)c1cc(-c2ccc(OC)cc2)n(-c2ccc(C)cc2)c1C. The second-order valence-electron chi connectivity index (χ2n) is 7.03. The molecule has 0 saturated carbocycles. The fraction of sp³-hybridized carbons (Fsp3) is 0.292. The number of hydrogen-bond acceptors (Lipinski definition) is 3. The summed E-state index contributed by atoms with van der Waals surface area (Å²) in [5, 5.41) is 2.99. The summed E-state index contributed by atoms with van der Waals surface area (Å²) in [4.78, 5) is 12.8. The zero-order chi connectivity index (χ0) is 20.8. The molecule has 0 aliphatic carbocycles. The number of rotatable bonds is 8. The molecule has 0 atom stereocenters. The van der Waals surface area contributed by atoms with Gasteiger partial charge >= 0.3 is 0 Å². The van der Waals surface area contributed by atoms with Gasteiger partial charge in [-0.2, -0.15) is 0 Å². The summed E-state index contributed by atoms with van der Waals surface area (Å²) in [6.45, 7) is 5.26. The van der Waals surface area contributed by atoms with Crippen LogP contribution in [0.3, 0.4) is 0 Å². The predicted octanol–water partition coefficient (Wildman–Crippen LogP) is 4.54. The summed E-state index contributed by atoms with van der Waals surface area (Å²) in [6.07, 6.45) is 0.783. The maximum Gasteiger partial charge on any atom is 0.253 e. The number of aromatic nitrogens is 1. The van der Waals surface area contributed by atoms with E-state index >= 15 is 0 Å². The standard InChI is InChI=1S/C24H28N2O3/c1-17-6-10-20(11-7-17)26-18(2)22(24(27)25-14-5-15-28-3)16-23(26)19-8-12-21(29-4)13-9-19/h6-13,16H,5,14-15H2,1-4H3,(H,25,27). The van der Waals surface area contributed by atoms with Crippen molar-refractivity contribution in [3.63, 3.8) is 0 Å². The number of nitrogens with zero attached hydrogens (tertiary/aromatic N) is 1. The minimum absolute atomic E-state index is 0.0702. The van der Waals surface area contributed by atoms with Crippen molar-refractivity contribution < 1.29 is 14.3 Å². The molecule has 29 heavy (non-hydrogen) atoms. The molecule has 0 saturated heterocycles. The van der Waals surface area contributed by atoms with Crippen molar-refractivity contribution >= 4 is 5.91 Å². The van der Waals surface area contributed by atoms with E-state index in [4.69, 9.17) is 9.47 Å². The predicted molar refractivity (Wildman–Crippen MR) is 116 cm³/mol. The summed E-state index contributed by atoms with van der Waals surface area (Å²) < 4.78 is 12.5. The van der Waals surface area contributed by atoms with Crippen LogP contribution in [-0.2, 0) is 4.74 Å². The molecule has 0 aliphatic heterocycles. The molecule has 0 unspecified atom stereocenters. The van der Waals surface area contributed by atoms with Gasteiger partial charge in [0.25, 0.3) is 5.91 Å². The van der Waals surface area contributed by atoms with Crippen molar-refractivity contribution in [3.8, 4) is 22.7 Å². The molecule has 152 valence electrons. The summed E-state index contributed by atoms with van der Waals surface area (Å²) >= 11 is 0. The van der Waals surface area contributed by atoms with Gasteiger partial charge in [0.05, 0.1) is 18.4 Å². The van der Waals surface area contributed by atoms with E-state index in [0.29, 0.717) is 18.7 Å². The van der Waals surface area contributed by atoms with E-state index in [9.17, 15) is 4.79 Å². The number of methoxy groups -OCH3 is 2. The highest BCUT2D eigenvalue weighted by molar-refractivity contribution is 5.97. The van der Waals surface area contributed by atoms with E-state index in [-0.39, 0.29) is 5.91 Å². The number of carbonyl (C=O) groups is 1. The topological polar surface area (TPSA) is 52.5 Å². The van der Waals surface area contributed by atoms with E-state index in [0.717, 1.165) is 34.8 Å². The van der Waals surface area contributed by atoms with Crippen LogP contribution in [0.2, 0.25) is 0 Å². The first kappa shape index (κ1) is 20.7. The number of ether oxygens (including phenoxy) is 2. The fourth-order valence-electron chi connectivity index (χ4n) is 3.35. The Hall–Kier alpha value is -3.05. The molecule has 5 heteroatoms. The van der Waals surface area contributed by atoms with Crippen LogP contribution < -0.4 is 10.1 Å². The van der Waals surface area contributed by atoms with Crippen molar-refractivity contribution in [3.05, 3.63) is 71.4 Å². The zero-order valence-corrected chi connectivity index (χ0v) is 17.5. The lowest BCUT2D eigenvalue weighted by atomic mass is 10.1. The van der Waals surface area contributed by atoms with Gasteiger partial charge in [0, 0.05) is 31.6 Å². The maximum atomic E-state index is 12.8. The van der Waals surface area contributed by atoms with Crippen molar-refractivity contribution in [1.29, 1.82) is 0 Å². The van der Waals surface area contributed by atoms with E-state index in [1.807, 2.05) is 37.3 Å². The van der Waals surface area contributed by atoms with Gasteiger partial charge in [0.15, 0.2) is 0 Å². The molecule has 0 aliphatic rings. The van der Waals surface area contributed by atoms with Crippen LogP contribution in [0.15, 0.2) is 54.6 Å². The van der Waals surface area contributed by atoms with E-state index in [2.05, 4.69) is 41.1 Å². The molecule has 1 aromatic heterocycles. The molecule has 5 nitrogen and oxygen atoms in total. The fourth-order valence-corrected chi connectivity index (χ4v) is 3.35. The smallest absolute Gasteiger partial charge is 0.253 e. The molecule has 1 amide bonds. The Balaban J connectivity index is 2.02. The second-order valence-corrected chi connectivity index (χ2v) is 7.03. The monoisotopic (exact) mass is 392 g/mol. The molecule has 0 bridgehead atoms. The third-order valence-corrected chi connectivity index (χ3v) is 4.98. The Kier molecular flexibility index (Phi) is 6.73. The van der Waals surface area contributed by atoms with Crippen molar-refractivity contribution in [2.24, 2.45) is 0 Å². The minimum atomic E-state index is -0.0702. The lowest BCUT2D eigenvalue weighted by molar-refractivity contribution is 0.0948. The molecule has 1 N–H and O–H groups in total. The molecular formula is C24H28N2O3. The first-order valence-corrected chi connectivity index (χ1v) is 9.76. The highest BCUT2D eigenvalue weighted by Crippen LogP contribution is 2.30. The summed E-state index contributed by atoms with van der Waals surface area (Å²) in [6, 6.07) is 18.2. The highest BCUT2D eigenvalue weighted by Gasteiger charge is 2.19. The lowest BCUT2D eigenvalue weighted by Gasteiger charge is -2.13. The van der Waals surface area contributed by atoms with Gasteiger partial charge in [-0.3, -0.25) is 4.79 Å². The van der Waals surface area contributed by atoms with Crippen LogP contribution in [0.5, 0.6) is 5.75 Å². The first-order valence-electron chi connectivity index (χ1n) is 9.76. The number of amides is 1. The van der Waals surface area contributed by atoms with Crippen molar-refractivity contribution in [2.75, 3.05) is 27.4 Å². The van der Waals surface area contributed by atoms with Crippen molar-refractivity contribution in [2.45, 2.75) is 20.3 Å². The lowest BCUT2D eigenvalue weighted by Crippen LogP contribution is -2.25. The minimum Gasteiger partial charge on any atom is -0.497 e. The average molecular weight is 392 g/mol. The largest absolute Gasteiger partial charge is 0.497 e. The molecular weight excluding hydrogens is 364 g/mol. The van der Waals surface area contributed by atoms with Crippen molar-refractivity contribution in [1.82, 2.24) is 9.88 Å². The Bertz CT molecular complexity index is 957. The normalized spacial score (nSPS) is 10.8. The van der Waals surface area contributed by atoms with Gasteiger partial charge in [-0.05, 0) is 68.3 Å². The van der Waals surface area contributed by atoms with Crippen LogP contribution >= 0.6 is 0 Å². The Morgan fingerprint density at radius 3 is 2.31 bits per heavy atom. The molecule has 3 aromatic rings. The molecule has 0 fully saturated rings. The first-order chi connectivity index (χ1) is 14.0. The van der Waals surface area contributed by atoms with Crippen LogP contribution in [0, 0.1) is 13.8 Å². The van der Waals surface area contributed by atoms with Gasteiger partial charge in [-0.25, -0.2) is 0 Å². The number of benzene rings is 2. The van der Waals surface area contributed by atoms with E-state index < -0.39 is 0 Å². The van der Waals surface area contributed by atoms with Gasteiger partial charge in [0.2, 0.25) is 0 Å².